The van der Waals surface area contributed by atoms with Crippen LogP contribution >= 0.6 is 11.6 Å². The maximum atomic E-state index is 12.5. The zero-order chi connectivity index (χ0) is 21.7. The lowest BCUT2D eigenvalue weighted by Crippen LogP contribution is -2.21. The Balaban J connectivity index is 1.67. The van der Waals surface area contributed by atoms with E-state index in [-0.39, 0.29) is 29.6 Å². The maximum absolute atomic E-state index is 12.5. The van der Waals surface area contributed by atoms with Gasteiger partial charge in [0, 0.05) is 24.7 Å². The molecule has 0 radical (unpaired) electrons. The maximum Gasteiger partial charge on any atom is 0.342 e. The molecule has 0 amide bonds. The lowest BCUT2D eigenvalue weighted by molar-refractivity contribution is 0.0435. The molecule has 0 spiro atoms. The highest BCUT2D eigenvalue weighted by Crippen LogP contribution is 2.24. The van der Waals surface area contributed by atoms with Gasteiger partial charge in [0.1, 0.15) is 30.3 Å². The van der Waals surface area contributed by atoms with E-state index in [2.05, 4.69) is 0 Å². The van der Waals surface area contributed by atoms with Crippen LogP contribution in [0.25, 0.3) is 0 Å². The zero-order valence-electron chi connectivity index (χ0n) is 16.4. The number of sulfonamides is 1. The summed E-state index contributed by atoms with van der Waals surface area (Å²) < 4.78 is 41.5. The molecular formula is C21H20ClNO6S. The first-order chi connectivity index (χ1) is 14.3. The van der Waals surface area contributed by atoms with Crippen LogP contribution in [0.1, 0.15) is 21.7 Å². The summed E-state index contributed by atoms with van der Waals surface area (Å²) >= 11 is 6.14. The van der Waals surface area contributed by atoms with Crippen molar-refractivity contribution in [3.05, 3.63) is 82.6 Å². The predicted molar refractivity (Wildman–Crippen MR) is 111 cm³/mol. The summed E-state index contributed by atoms with van der Waals surface area (Å²) in [5.41, 5.74) is 1.02. The molecule has 3 aromatic rings. The van der Waals surface area contributed by atoms with E-state index in [0.29, 0.717) is 10.8 Å². The fourth-order valence-corrected chi connectivity index (χ4v) is 3.50. The Kier molecular flexibility index (Phi) is 6.81. The largest absolute Gasteiger partial charge is 0.488 e. The Labute approximate surface area is 179 Å². The highest BCUT2D eigenvalue weighted by molar-refractivity contribution is 7.88. The minimum atomic E-state index is -3.70. The summed E-state index contributed by atoms with van der Waals surface area (Å²) in [6, 6.07) is 16.7. The molecule has 0 fully saturated rings. The van der Waals surface area contributed by atoms with Gasteiger partial charge in [0.25, 0.3) is 10.0 Å². The molecule has 0 saturated carbocycles. The first kappa shape index (κ1) is 21.9. The van der Waals surface area contributed by atoms with Gasteiger partial charge in [-0.25, -0.2) is 17.5 Å². The normalized spacial score (nSPS) is 11.5. The molecule has 2 aromatic carbocycles. The van der Waals surface area contributed by atoms with E-state index >= 15 is 0 Å². The Morgan fingerprint density at radius 3 is 2.43 bits per heavy atom. The third-order valence-corrected chi connectivity index (χ3v) is 6.22. The van der Waals surface area contributed by atoms with Crippen LogP contribution in [0.4, 0.5) is 0 Å². The standard InChI is InChI=1S/C21H20ClNO6S/c1-23(2)30(25,26)20-12-11-16(29-20)14-28-21(24)17-8-4-6-10-19(17)27-13-15-7-3-5-9-18(15)22/h3-12H,13-14H2,1-2H3. The lowest BCUT2D eigenvalue weighted by atomic mass is 10.2. The summed E-state index contributed by atoms with van der Waals surface area (Å²) in [4.78, 5) is 12.5. The Hall–Kier alpha value is -2.81. The van der Waals surface area contributed by atoms with Crippen LogP contribution in [0.3, 0.4) is 0 Å². The first-order valence-corrected chi connectivity index (χ1v) is 10.7. The Morgan fingerprint density at radius 2 is 1.70 bits per heavy atom. The van der Waals surface area contributed by atoms with Gasteiger partial charge in [-0.05, 0) is 30.3 Å². The quantitative estimate of drug-likeness (QED) is 0.481. The molecule has 0 bridgehead atoms. The molecule has 9 heteroatoms. The van der Waals surface area contributed by atoms with Crippen LogP contribution < -0.4 is 4.74 Å². The number of esters is 1. The summed E-state index contributed by atoms with van der Waals surface area (Å²) in [5, 5.41) is 0.348. The van der Waals surface area contributed by atoms with Crippen molar-refractivity contribution >= 4 is 27.6 Å². The molecule has 3 rings (SSSR count). The number of para-hydroxylation sites is 1. The summed E-state index contributed by atoms with van der Waals surface area (Å²) in [5.74, 6) is -0.0749. The van der Waals surface area contributed by atoms with Gasteiger partial charge >= 0.3 is 5.97 Å². The number of hydrogen-bond acceptors (Lipinski definition) is 6. The van der Waals surface area contributed by atoms with E-state index in [4.69, 9.17) is 25.5 Å². The Morgan fingerprint density at radius 1 is 1.00 bits per heavy atom. The highest BCUT2D eigenvalue weighted by atomic mass is 35.5. The molecule has 30 heavy (non-hydrogen) atoms. The fraction of sp³-hybridized carbons (Fsp3) is 0.190. The number of ether oxygens (including phenoxy) is 2. The Bertz CT molecular complexity index is 1140. The minimum absolute atomic E-state index is 0.188. The number of furan rings is 1. The third kappa shape index (κ3) is 5.02. The summed E-state index contributed by atoms with van der Waals surface area (Å²) in [6.45, 7) is -0.0332. The molecule has 158 valence electrons. The van der Waals surface area contributed by atoms with Crippen molar-refractivity contribution in [2.24, 2.45) is 0 Å². The van der Waals surface area contributed by atoms with Crippen molar-refractivity contribution < 1.29 is 27.1 Å². The van der Waals surface area contributed by atoms with Crippen molar-refractivity contribution in [1.82, 2.24) is 4.31 Å². The van der Waals surface area contributed by atoms with Crippen molar-refractivity contribution in [2.45, 2.75) is 18.3 Å². The molecule has 0 N–H and O–H groups in total. The molecule has 0 atom stereocenters. The molecule has 0 aliphatic heterocycles. The molecule has 7 nitrogen and oxygen atoms in total. The number of carbonyl (C=O) groups is 1. The van der Waals surface area contributed by atoms with Gasteiger partial charge in [-0.3, -0.25) is 0 Å². The molecule has 0 aliphatic carbocycles. The number of benzene rings is 2. The van der Waals surface area contributed by atoms with Gasteiger partial charge in [-0.15, -0.1) is 0 Å². The van der Waals surface area contributed by atoms with Gasteiger partial charge in [0.15, 0.2) is 0 Å². The van der Waals surface area contributed by atoms with E-state index in [0.717, 1.165) is 9.87 Å². The third-order valence-electron chi connectivity index (χ3n) is 4.17. The molecular weight excluding hydrogens is 430 g/mol. The summed E-state index contributed by atoms with van der Waals surface area (Å²) in [6.07, 6.45) is 0. The fourth-order valence-electron chi connectivity index (χ4n) is 2.50. The van der Waals surface area contributed by atoms with Crippen LogP contribution in [0.15, 0.2) is 70.2 Å². The monoisotopic (exact) mass is 449 g/mol. The first-order valence-electron chi connectivity index (χ1n) is 8.92. The molecule has 1 aromatic heterocycles. The van der Waals surface area contributed by atoms with E-state index in [1.807, 2.05) is 18.2 Å². The van der Waals surface area contributed by atoms with E-state index < -0.39 is 16.0 Å². The summed E-state index contributed by atoms with van der Waals surface area (Å²) in [7, 11) is -0.896. The van der Waals surface area contributed by atoms with Crippen LogP contribution in [-0.2, 0) is 28.0 Å². The zero-order valence-corrected chi connectivity index (χ0v) is 17.9. The molecule has 1 heterocycles. The van der Waals surface area contributed by atoms with E-state index in [1.165, 1.54) is 26.2 Å². The molecule has 0 saturated heterocycles. The van der Waals surface area contributed by atoms with Crippen LogP contribution in [0.5, 0.6) is 5.75 Å². The van der Waals surface area contributed by atoms with E-state index in [9.17, 15) is 13.2 Å². The van der Waals surface area contributed by atoms with Gasteiger partial charge in [0.05, 0.1) is 0 Å². The van der Waals surface area contributed by atoms with Crippen LogP contribution in [0, 0.1) is 0 Å². The minimum Gasteiger partial charge on any atom is -0.488 e. The van der Waals surface area contributed by atoms with Gasteiger partial charge < -0.3 is 13.9 Å². The second-order valence-electron chi connectivity index (χ2n) is 6.46. The molecule has 0 unspecified atom stereocenters. The second-order valence-corrected chi connectivity index (χ2v) is 8.95. The average molecular weight is 450 g/mol. The lowest BCUT2D eigenvalue weighted by Gasteiger charge is -2.12. The number of hydrogen-bond donors (Lipinski definition) is 0. The van der Waals surface area contributed by atoms with Crippen molar-refractivity contribution in [2.75, 3.05) is 14.1 Å². The van der Waals surface area contributed by atoms with Crippen LogP contribution in [-0.4, -0.2) is 32.8 Å². The van der Waals surface area contributed by atoms with Crippen molar-refractivity contribution in [3.8, 4) is 5.75 Å². The smallest absolute Gasteiger partial charge is 0.342 e. The van der Waals surface area contributed by atoms with Crippen molar-refractivity contribution in [3.63, 3.8) is 0 Å². The van der Waals surface area contributed by atoms with Gasteiger partial charge in [-0.1, -0.05) is 41.9 Å². The van der Waals surface area contributed by atoms with Crippen molar-refractivity contribution in [1.29, 1.82) is 0 Å². The number of carbonyl (C=O) groups excluding carboxylic acids is 1. The van der Waals surface area contributed by atoms with Gasteiger partial charge in [-0.2, -0.15) is 0 Å². The number of rotatable bonds is 8. The van der Waals surface area contributed by atoms with Gasteiger partial charge in [0.2, 0.25) is 5.09 Å². The predicted octanol–water partition coefficient (Wildman–Crippen LogP) is 4.12. The SMILES string of the molecule is CN(C)S(=O)(=O)c1ccc(COC(=O)c2ccccc2OCc2ccccc2Cl)o1. The number of halogens is 1. The molecule has 0 aliphatic rings. The van der Waals surface area contributed by atoms with E-state index in [1.54, 1.807) is 30.3 Å². The topological polar surface area (TPSA) is 86.0 Å². The highest BCUT2D eigenvalue weighted by Gasteiger charge is 2.22. The second kappa shape index (κ2) is 9.34. The number of nitrogens with zero attached hydrogens (tertiary/aromatic N) is 1. The van der Waals surface area contributed by atoms with Crippen LogP contribution in [0.2, 0.25) is 5.02 Å². The average Bonchev–Trinajstić information content (AvgIpc) is 3.21.